The quantitative estimate of drug-likeness (QED) is 0.909. The van der Waals surface area contributed by atoms with Crippen LogP contribution >= 0.6 is 0 Å². The molecule has 0 radical (unpaired) electrons. The van der Waals surface area contributed by atoms with Gasteiger partial charge in [0, 0.05) is 12.5 Å². The number of nitrogens with one attached hydrogen (secondary N) is 1. The Kier molecular flexibility index (Phi) is 5.02. The summed E-state index contributed by atoms with van der Waals surface area (Å²) in [5.74, 6) is 0.141. The minimum atomic E-state index is -0.270. The monoisotopic (exact) mass is 357 g/mol. The molecule has 1 aliphatic carbocycles. The maximum absolute atomic E-state index is 13.2. The van der Waals surface area contributed by atoms with Crippen molar-refractivity contribution < 1.29 is 13.9 Å². The van der Waals surface area contributed by atoms with E-state index in [1.807, 2.05) is 4.90 Å². The van der Waals surface area contributed by atoms with E-state index in [0.29, 0.717) is 31.2 Å². The molecule has 2 aliphatic rings. The van der Waals surface area contributed by atoms with Crippen LogP contribution in [0.3, 0.4) is 0 Å². The fourth-order valence-electron chi connectivity index (χ4n) is 4.05. The summed E-state index contributed by atoms with van der Waals surface area (Å²) < 4.78 is 19.0. The largest absolute Gasteiger partial charge is 0.370 e. The van der Waals surface area contributed by atoms with Gasteiger partial charge in [-0.1, -0.05) is 31.4 Å². The van der Waals surface area contributed by atoms with Crippen LogP contribution in [0.5, 0.6) is 0 Å². The number of halogens is 1. The normalized spacial score (nSPS) is 21.7. The van der Waals surface area contributed by atoms with Gasteiger partial charge in [0.05, 0.1) is 30.6 Å². The number of carbonyl (C=O) groups excluding carboxylic acids is 1. The summed E-state index contributed by atoms with van der Waals surface area (Å²) >= 11 is 0. The van der Waals surface area contributed by atoms with Crippen molar-refractivity contribution in [2.75, 3.05) is 19.7 Å². The Morgan fingerprint density at radius 2 is 1.96 bits per heavy atom. The number of hydrogen-bond donors (Lipinski definition) is 1. The molecule has 0 bridgehead atoms. The lowest BCUT2D eigenvalue weighted by atomic mass is 9.85. The Morgan fingerprint density at radius 3 is 2.73 bits per heavy atom. The summed E-state index contributed by atoms with van der Waals surface area (Å²) in [6.07, 6.45) is 7.36. The van der Waals surface area contributed by atoms with Crippen LogP contribution in [-0.4, -0.2) is 40.7 Å². The van der Waals surface area contributed by atoms with Gasteiger partial charge in [-0.05, 0) is 30.5 Å². The molecule has 1 aromatic carbocycles. The topological polar surface area (TPSA) is 58.2 Å². The van der Waals surface area contributed by atoms with Gasteiger partial charge in [-0.2, -0.15) is 5.10 Å². The zero-order valence-corrected chi connectivity index (χ0v) is 14.8. The first kappa shape index (κ1) is 17.2. The molecule has 4 rings (SSSR count). The van der Waals surface area contributed by atoms with Gasteiger partial charge in [0.25, 0.3) is 5.91 Å². The van der Waals surface area contributed by atoms with E-state index in [9.17, 15) is 9.18 Å². The molecule has 1 saturated heterocycles. The van der Waals surface area contributed by atoms with Crippen LogP contribution in [0, 0.1) is 5.82 Å². The summed E-state index contributed by atoms with van der Waals surface area (Å²) in [6, 6.07) is 6.30. The van der Waals surface area contributed by atoms with Gasteiger partial charge in [-0.3, -0.25) is 9.89 Å². The van der Waals surface area contributed by atoms with Crippen molar-refractivity contribution in [3.05, 3.63) is 53.1 Å². The third-order valence-corrected chi connectivity index (χ3v) is 5.51. The predicted molar refractivity (Wildman–Crippen MR) is 95.4 cm³/mol. The van der Waals surface area contributed by atoms with Crippen molar-refractivity contribution in [3.63, 3.8) is 0 Å². The smallest absolute Gasteiger partial charge is 0.257 e. The zero-order valence-electron chi connectivity index (χ0n) is 14.8. The van der Waals surface area contributed by atoms with Crippen LogP contribution < -0.4 is 0 Å². The van der Waals surface area contributed by atoms with E-state index in [0.717, 1.165) is 24.1 Å². The molecule has 1 atom stereocenters. The van der Waals surface area contributed by atoms with Gasteiger partial charge in [0.1, 0.15) is 11.9 Å². The van der Waals surface area contributed by atoms with Crippen LogP contribution in [-0.2, 0) is 4.74 Å². The summed E-state index contributed by atoms with van der Waals surface area (Å²) in [5.41, 5.74) is 2.57. The average Bonchev–Trinajstić information content (AvgIpc) is 3.18. The number of aromatic nitrogens is 2. The highest BCUT2D eigenvalue weighted by molar-refractivity contribution is 5.95. The minimum absolute atomic E-state index is 0.00901. The van der Waals surface area contributed by atoms with Crippen molar-refractivity contribution in [3.8, 4) is 0 Å². The lowest BCUT2D eigenvalue weighted by Gasteiger charge is -2.33. The van der Waals surface area contributed by atoms with Gasteiger partial charge < -0.3 is 9.64 Å². The number of rotatable bonds is 3. The molecule has 2 heterocycles. The first-order valence-corrected chi connectivity index (χ1v) is 9.42. The third kappa shape index (κ3) is 3.51. The van der Waals surface area contributed by atoms with Crippen LogP contribution in [0.15, 0.2) is 30.5 Å². The molecule has 5 nitrogen and oxygen atoms in total. The third-order valence-electron chi connectivity index (χ3n) is 5.51. The Morgan fingerprint density at radius 1 is 1.19 bits per heavy atom. The Bertz CT molecular complexity index is 753. The van der Waals surface area contributed by atoms with Crippen LogP contribution in [0.4, 0.5) is 4.39 Å². The number of ether oxygens (including phenoxy) is 1. The van der Waals surface area contributed by atoms with Crippen LogP contribution in [0.2, 0.25) is 0 Å². The maximum Gasteiger partial charge on any atom is 0.257 e. The second kappa shape index (κ2) is 7.58. The predicted octanol–water partition coefficient (Wildman–Crippen LogP) is 3.81. The lowest BCUT2D eigenvalue weighted by molar-refractivity contribution is -0.0229. The molecule has 0 spiro atoms. The maximum atomic E-state index is 13.2. The highest BCUT2D eigenvalue weighted by Gasteiger charge is 2.30. The van der Waals surface area contributed by atoms with Gasteiger partial charge in [-0.15, -0.1) is 0 Å². The molecule has 26 heavy (non-hydrogen) atoms. The van der Waals surface area contributed by atoms with E-state index in [2.05, 4.69) is 10.2 Å². The molecule has 6 heteroatoms. The summed E-state index contributed by atoms with van der Waals surface area (Å²) in [5, 5.41) is 7.23. The number of aromatic amines is 1. The van der Waals surface area contributed by atoms with E-state index in [1.165, 1.54) is 31.4 Å². The minimum Gasteiger partial charge on any atom is -0.370 e. The number of morpholine rings is 1. The molecule has 1 saturated carbocycles. The molecular weight excluding hydrogens is 333 g/mol. The van der Waals surface area contributed by atoms with E-state index in [4.69, 9.17) is 4.74 Å². The standard InChI is InChI=1S/C20H24FN3O2/c21-16-8-6-14(7-9-16)18-13-24(10-11-26-18)20(25)17-12-22-23-19(17)15-4-2-1-3-5-15/h6-9,12,15,18H,1-5,10-11,13H2,(H,22,23)/t18-/m0/s1. The lowest BCUT2D eigenvalue weighted by Crippen LogP contribution is -2.42. The molecule has 138 valence electrons. The molecule has 0 unspecified atom stereocenters. The number of hydrogen-bond acceptors (Lipinski definition) is 3. The van der Waals surface area contributed by atoms with Gasteiger partial charge in [0.15, 0.2) is 0 Å². The first-order valence-electron chi connectivity index (χ1n) is 9.42. The molecule has 2 aromatic rings. The number of H-pyrrole nitrogens is 1. The van der Waals surface area contributed by atoms with E-state index >= 15 is 0 Å². The van der Waals surface area contributed by atoms with Crippen LogP contribution in [0.25, 0.3) is 0 Å². The number of nitrogens with zero attached hydrogens (tertiary/aromatic N) is 2. The van der Waals surface area contributed by atoms with Crippen molar-refractivity contribution in [1.82, 2.24) is 15.1 Å². The van der Waals surface area contributed by atoms with Gasteiger partial charge >= 0.3 is 0 Å². The van der Waals surface area contributed by atoms with Crippen molar-refractivity contribution in [2.24, 2.45) is 0 Å². The highest BCUT2D eigenvalue weighted by atomic mass is 19.1. The van der Waals surface area contributed by atoms with E-state index in [1.54, 1.807) is 18.3 Å². The molecule has 1 amide bonds. The molecule has 1 aromatic heterocycles. The summed E-state index contributed by atoms with van der Waals surface area (Å²) in [7, 11) is 0. The first-order chi connectivity index (χ1) is 12.7. The van der Waals surface area contributed by atoms with Gasteiger partial charge in [0.2, 0.25) is 0 Å². The second-order valence-corrected chi connectivity index (χ2v) is 7.19. The highest BCUT2D eigenvalue weighted by Crippen LogP contribution is 2.34. The van der Waals surface area contributed by atoms with Gasteiger partial charge in [-0.25, -0.2) is 4.39 Å². The fraction of sp³-hybridized carbons (Fsp3) is 0.500. The van der Waals surface area contributed by atoms with E-state index < -0.39 is 0 Å². The number of amides is 1. The Labute approximate surface area is 152 Å². The molecule has 2 fully saturated rings. The van der Waals surface area contributed by atoms with Crippen molar-refractivity contribution in [2.45, 2.75) is 44.1 Å². The zero-order chi connectivity index (χ0) is 17.9. The number of carbonyl (C=O) groups is 1. The SMILES string of the molecule is O=C(c1cn[nH]c1C1CCCCC1)N1CCO[C@H](c2ccc(F)cc2)C1. The molecular formula is C20H24FN3O2. The Balaban J connectivity index is 1.49. The van der Waals surface area contributed by atoms with Crippen molar-refractivity contribution in [1.29, 1.82) is 0 Å². The number of benzene rings is 1. The summed E-state index contributed by atoms with van der Waals surface area (Å²) in [6.45, 7) is 1.51. The second-order valence-electron chi connectivity index (χ2n) is 7.19. The van der Waals surface area contributed by atoms with E-state index in [-0.39, 0.29) is 17.8 Å². The molecule has 1 N–H and O–H groups in total. The summed E-state index contributed by atoms with van der Waals surface area (Å²) in [4.78, 5) is 14.9. The molecule has 1 aliphatic heterocycles. The van der Waals surface area contributed by atoms with Crippen LogP contribution in [0.1, 0.15) is 65.7 Å². The Hall–Kier alpha value is -2.21. The average molecular weight is 357 g/mol. The van der Waals surface area contributed by atoms with Crippen molar-refractivity contribution >= 4 is 5.91 Å². The fourth-order valence-corrected chi connectivity index (χ4v) is 4.05.